The van der Waals surface area contributed by atoms with Crippen LogP contribution in [0.5, 0.6) is 0 Å². The molecule has 3 N–H and O–H groups in total. The van der Waals surface area contributed by atoms with Crippen molar-refractivity contribution in [3.05, 3.63) is 28.8 Å². The fourth-order valence-corrected chi connectivity index (χ4v) is 1.57. The summed E-state index contributed by atoms with van der Waals surface area (Å²) >= 11 is 7.54. The number of para-hydroxylation sites is 1. The summed E-state index contributed by atoms with van der Waals surface area (Å²) < 4.78 is 0. The summed E-state index contributed by atoms with van der Waals surface area (Å²) in [6.45, 7) is 2.66. The van der Waals surface area contributed by atoms with Crippen molar-refractivity contribution in [3.8, 4) is 0 Å². The van der Waals surface area contributed by atoms with Crippen LogP contribution >= 0.6 is 23.4 Å². The summed E-state index contributed by atoms with van der Waals surface area (Å²) in [5.74, 6) is -0.180. The first kappa shape index (κ1) is 13.2. The Morgan fingerprint density at radius 1 is 1.62 bits per heavy atom. The maximum absolute atomic E-state index is 11.8. The van der Waals surface area contributed by atoms with Gasteiger partial charge < -0.3 is 11.1 Å². The zero-order valence-corrected chi connectivity index (χ0v) is 10.9. The summed E-state index contributed by atoms with van der Waals surface area (Å²) in [5, 5.41) is 3.61. The molecule has 0 saturated carbocycles. The second kappa shape index (κ2) is 6.01. The van der Waals surface area contributed by atoms with Crippen molar-refractivity contribution < 1.29 is 4.79 Å². The zero-order valence-electron chi connectivity index (χ0n) is 9.29. The predicted octanol–water partition coefficient (Wildman–Crippen LogP) is 2.40. The molecular formula is C11H15ClN2OS. The minimum absolute atomic E-state index is 0.180. The molecule has 1 unspecified atom stereocenters. The Hall–Kier alpha value is -0.870. The monoisotopic (exact) mass is 258 g/mol. The molecular weight excluding hydrogens is 244 g/mol. The van der Waals surface area contributed by atoms with Crippen molar-refractivity contribution in [2.24, 2.45) is 0 Å². The maximum atomic E-state index is 11.8. The van der Waals surface area contributed by atoms with E-state index in [1.165, 1.54) is 0 Å². The smallest absolute Gasteiger partial charge is 0.253 e. The molecule has 3 nitrogen and oxygen atoms in total. The molecule has 1 aromatic rings. The van der Waals surface area contributed by atoms with Crippen molar-refractivity contribution in [2.45, 2.75) is 12.2 Å². The van der Waals surface area contributed by atoms with Gasteiger partial charge in [0.2, 0.25) is 0 Å². The molecule has 5 heteroatoms. The number of benzene rings is 1. The summed E-state index contributed by atoms with van der Waals surface area (Å²) in [6, 6.07) is 5.05. The molecule has 1 rings (SSSR count). The van der Waals surface area contributed by atoms with Crippen LogP contribution in [0.15, 0.2) is 18.2 Å². The van der Waals surface area contributed by atoms with Crippen LogP contribution in [0.2, 0.25) is 5.02 Å². The van der Waals surface area contributed by atoms with Crippen molar-refractivity contribution in [1.82, 2.24) is 5.32 Å². The number of nitrogen functional groups attached to an aromatic ring is 1. The van der Waals surface area contributed by atoms with E-state index in [9.17, 15) is 4.79 Å². The largest absolute Gasteiger partial charge is 0.397 e. The number of hydrogen-bond acceptors (Lipinski definition) is 3. The Morgan fingerprint density at radius 3 is 2.94 bits per heavy atom. The molecule has 0 aromatic heterocycles. The Morgan fingerprint density at radius 2 is 2.31 bits per heavy atom. The zero-order chi connectivity index (χ0) is 12.1. The van der Waals surface area contributed by atoms with Crippen LogP contribution in [0, 0.1) is 0 Å². The number of halogens is 1. The number of thioether (sulfide) groups is 1. The lowest BCUT2D eigenvalue weighted by Gasteiger charge is -2.11. The Labute approximate surface area is 105 Å². The van der Waals surface area contributed by atoms with Crippen molar-refractivity contribution in [2.75, 3.05) is 18.5 Å². The van der Waals surface area contributed by atoms with Gasteiger partial charge in [-0.1, -0.05) is 24.6 Å². The second-order valence-corrected chi connectivity index (χ2v) is 5.14. The highest BCUT2D eigenvalue weighted by Gasteiger charge is 2.11. The quantitative estimate of drug-likeness (QED) is 0.816. The number of nitrogens with one attached hydrogen (secondary N) is 1. The van der Waals surface area contributed by atoms with Gasteiger partial charge in [0.25, 0.3) is 5.91 Å². The molecule has 0 spiro atoms. The normalized spacial score (nSPS) is 12.2. The fraction of sp³-hybridized carbons (Fsp3) is 0.364. The van der Waals surface area contributed by atoms with E-state index in [0.29, 0.717) is 28.1 Å². The van der Waals surface area contributed by atoms with E-state index >= 15 is 0 Å². The first-order chi connectivity index (χ1) is 7.56. The van der Waals surface area contributed by atoms with E-state index in [0.717, 1.165) is 0 Å². The number of nitrogens with two attached hydrogens (primary N) is 1. The van der Waals surface area contributed by atoms with E-state index in [4.69, 9.17) is 17.3 Å². The van der Waals surface area contributed by atoms with E-state index in [1.54, 1.807) is 30.0 Å². The number of anilines is 1. The van der Waals surface area contributed by atoms with Gasteiger partial charge in [0.05, 0.1) is 16.3 Å². The molecule has 0 radical (unpaired) electrons. The molecule has 16 heavy (non-hydrogen) atoms. The number of carbonyl (C=O) groups is 1. The third kappa shape index (κ3) is 3.32. The summed E-state index contributed by atoms with van der Waals surface area (Å²) in [4.78, 5) is 11.8. The number of rotatable bonds is 4. The molecule has 0 aliphatic carbocycles. The van der Waals surface area contributed by atoms with Crippen LogP contribution in [-0.4, -0.2) is 24.0 Å². The summed E-state index contributed by atoms with van der Waals surface area (Å²) in [5.41, 5.74) is 6.49. The lowest BCUT2D eigenvalue weighted by molar-refractivity contribution is 0.0955. The van der Waals surface area contributed by atoms with Gasteiger partial charge in [-0.05, 0) is 18.4 Å². The molecule has 0 fully saturated rings. The van der Waals surface area contributed by atoms with Gasteiger partial charge in [0.15, 0.2) is 0 Å². The fourth-order valence-electron chi connectivity index (χ4n) is 1.15. The predicted molar refractivity (Wildman–Crippen MR) is 71.2 cm³/mol. The van der Waals surface area contributed by atoms with Gasteiger partial charge in [0.1, 0.15) is 0 Å². The van der Waals surface area contributed by atoms with Crippen LogP contribution in [-0.2, 0) is 0 Å². The molecule has 88 valence electrons. The lowest BCUT2D eigenvalue weighted by atomic mass is 10.1. The first-order valence-corrected chi connectivity index (χ1v) is 6.57. The van der Waals surface area contributed by atoms with Crippen molar-refractivity contribution >= 4 is 35.0 Å². The lowest BCUT2D eigenvalue weighted by Crippen LogP contribution is -2.29. The van der Waals surface area contributed by atoms with Gasteiger partial charge >= 0.3 is 0 Å². The maximum Gasteiger partial charge on any atom is 0.253 e. The van der Waals surface area contributed by atoms with Crippen LogP contribution < -0.4 is 11.1 Å². The van der Waals surface area contributed by atoms with Crippen LogP contribution in [0.25, 0.3) is 0 Å². The Bertz CT molecular complexity index is 384. The molecule has 1 amide bonds. The van der Waals surface area contributed by atoms with E-state index in [1.807, 2.05) is 13.2 Å². The summed E-state index contributed by atoms with van der Waals surface area (Å²) in [7, 11) is 0. The van der Waals surface area contributed by atoms with Gasteiger partial charge in [-0.25, -0.2) is 0 Å². The van der Waals surface area contributed by atoms with Gasteiger partial charge in [-0.15, -0.1) is 0 Å². The average Bonchev–Trinajstić information content (AvgIpc) is 2.29. The minimum Gasteiger partial charge on any atom is -0.397 e. The van der Waals surface area contributed by atoms with E-state index < -0.39 is 0 Å². The van der Waals surface area contributed by atoms with Crippen molar-refractivity contribution in [1.29, 1.82) is 0 Å². The Kier molecular flexibility index (Phi) is 4.96. The second-order valence-electron chi connectivity index (χ2n) is 3.46. The number of amides is 1. The Balaban J connectivity index is 2.70. The first-order valence-electron chi connectivity index (χ1n) is 4.91. The topological polar surface area (TPSA) is 55.1 Å². The van der Waals surface area contributed by atoms with Gasteiger partial charge in [-0.3, -0.25) is 4.79 Å². The third-order valence-electron chi connectivity index (χ3n) is 2.25. The molecule has 1 atom stereocenters. The van der Waals surface area contributed by atoms with Crippen LogP contribution in [0.4, 0.5) is 5.69 Å². The molecule has 0 bridgehead atoms. The van der Waals surface area contributed by atoms with E-state index in [-0.39, 0.29) is 5.91 Å². The van der Waals surface area contributed by atoms with Crippen LogP contribution in [0.1, 0.15) is 17.3 Å². The highest BCUT2D eigenvalue weighted by Crippen LogP contribution is 2.22. The van der Waals surface area contributed by atoms with Gasteiger partial charge in [0, 0.05) is 11.8 Å². The highest BCUT2D eigenvalue weighted by atomic mass is 35.5. The third-order valence-corrected chi connectivity index (χ3v) is 3.55. The minimum atomic E-state index is -0.180. The van der Waals surface area contributed by atoms with E-state index in [2.05, 4.69) is 5.32 Å². The number of hydrogen-bond donors (Lipinski definition) is 2. The molecule has 0 saturated heterocycles. The molecule has 0 aliphatic heterocycles. The van der Waals surface area contributed by atoms with Crippen LogP contribution in [0.3, 0.4) is 0 Å². The molecule has 0 heterocycles. The highest BCUT2D eigenvalue weighted by molar-refractivity contribution is 7.99. The standard InChI is InChI=1S/C11H15ClN2OS/c1-7(16-2)6-14-11(15)8-4-3-5-9(12)10(8)13/h3-5,7H,6,13H2,1-2H3,(H,14,15). The van der Waals surface area contributed by atoms with Gasteiger partial charge in [-0.2, -0.15) is 11.8 Å². The molecule has 0 aliphatic rings. The molecule has 1 aromatic carbocycles. The summed E-state index contributed by atoms with van der Waals surface area (Å²) in [6.07, 6.45) is 2.00. The average molecular weight is 259 g/mol. The number of carbonyl (C=O) groups excluding carboxylic acids is 1. The SMILES string of the molecule is CSC(C)CNC(=O)c1cccc(Cl)c1N. The van der Waals surface area contributed by atoms with Crippen molar-refractivity contribution in [3.63, 3.8) is 0 Å².